The summed E-state index contributed by atoms with van der Waals surface area (Å²) in [4.78, 5) is 38.6. The minimum Gasteiger partial charge on any atom is -0.454 e. The summed E-state index contributed by atoms with van der Waals surface area (Å²) < 4.78 is 35.3. The summed E-state index contributed by atoms with van der Waals surface area (Å²) in [7, 11) is -2.27. The number of aliphatic hydroxyl groups is 1. The smallest absolute Gasteiger partial charge is 0.454 e. The quantitative estimate of drug-likeness (QED) is 0.0260. The number of ether oxygens (including phenoxy) is 5. The summed E-state index contributed by atoms with van der Waals surface area (Å²) in [6.07, 6.45) is 13.2. The number of aliphatic hydroxyl groups excluding tert-OH is 1. The van der Waals surface area contributed by atoms with Crippen LogP contribution in [0.15, 0.2) is 12.7 Å². The van der Waals surface area contributed by atoms with Gasteiger partial charge in [0.1, 0.15) is 31.0 Å². The third kappa shape index (κ3) is 20.3. The Morgan fingerprint density at radius 2 is 1.29 bits per heavy atom. The average Bonchev–Trinajstić information content (AvgIpc) is 3.06. The minimum absolute atomic E-state index is 0.0163. The Labute approximate surface area is 311 Å². The van der Waals surface area contributed by atoms with Crippen LogP contribution in [0.3, 0.4) is 0 Å². The van der Waals surface area contributed by atoms with E-state index in [1.165, 1.54) is 63.9 Å². The molecule has 0 aromatic carbocycles. The monoisotopic (exact) mass is 743 g/mol. The fourth-order valence-corrected chi connectivity index (χ4v) is 6.81. The molecule has 1 fully saturated rings. The van der Waals surface area contributed by atoms with Gasteiger partial charge in [0.2, 0.25) is 0 Å². The number of carbonyl (C=O) groups excluding carboxylic acids is 3. The van der Waals surface area contributed by atoms with Gasteiger partial charge in [-0.25, -0.2) is 4.79 Å². The molecule has 0 aliphatic carbocycles. The SMILES string of the molecule is C=CCOC(=O)O[C@H]1[C@H](OCCCCCCCCCC)[C@@H](OC(=O)CC(=O)CCCCCCCCCCC)C(O)O[C@@H]1CO[Si](C)(C)C(C)(C)C. The van der Waals surface area contributed by atoms with E-state index in [-0.39, 0.29) is 30.6 Å². The van der Waals surface area contributed by atoms with Crippen molar-refractivity contribution < 1.29 is 47.6 Å². The number of carbonyl (C=O) groups is 3. The molecule has 298 valence electrons. The van der Waals surface area contributed by atoms with Crippen LogP contribution in [-0.2, 0) is 37.7 Å². The van der Waals surface area contributed by atoms with Crippen molar-refractivity contribution >= 4 is 26.2 Å². The zero-order valence-corrected chi connectivity index (χ0v) is 34.3. The summed E-state index contributed by atoms with van der Waals surface area (Å²) in [5.74, 6) is -1.000. The zero-order chi connectivity index (χ0) is 38.1. The van der Waals surface area contributed by atoms with Crippen molar-refractivity contribution in [2.75, 3.05) is 19.8 Å². The number of Topliss-reactive ketones (excluding diaryl/α,β-unsaturated/α-hetero) is 1. The van der Waals surface area contributed by atoms with Gasteiger partial charge in [0.05, 0.1) is 6.61 Å². The standard InChI is InChI=1S/C40H74O10Si/c1-9-12-14-16-18-20-21-23-25-27-32(41)30-34(42)49-37-36(45-29-26-24-22-19-17-15-13-10-2)35(50-39(44)46-28-11-3)33(48-38(37)43)31-47-51(7,8)40(4,5)6/h11,33,35-38,43H,3,9-10,12-31H2,1-2,4-8H3/t33-,35-,36+,37-,38?/m1/s1. The molecular formula is C40H74O10Si. The van der Waals surface area contributed by atoms with E-state index in [0.29, 0.717) is 6.42 Å². The molecule has 1 unspecified atom stereocenters. The van der Waals surface area contributed by atoms with Crippen LogP contribution >= 0.6 is 0 Å². The molecule has 1 aliphatic rings. The highest BCUT2D eigenvalue weighted by molar-refractivity contribution is 6.74. The Bertz CT molecular complexity index is 965. The molecule has 1 N–H and O–H groups in total. The van der Waals surface area contributed by atoms with Crippen LogP contribution < -0.4 is 0 Å². The van der Waals surface area contributed by atoms with Crippen LogP contribution in [0, 0.1) is 0 Å². The number of rotatable bonds is 29. The molecule has 11 heteroatoms. The van der Waals surface area contributed by atoms with Gasteiger partial charge in [-0.05, 0) is 31.0 Å². The van der Waals surface area contributed by atoms with Crippen LogP contribution in [0.2, 0.25) is 18.1 Å². The largest absolute Gasteiger partial charge is 0.509 e. The van der Waals surface area contributed by atoms with Gasteiger partial charge in [-0.3, -0.25) is 9.59 Å². The Morgan fingerprint density at radius 1 is 0.765 bits per heavy atom. The van der Waals surface area contributed by atoms with Gasteiger partial charge >= 0.3 is 12.1 Å². The van der Waals surface area contributed by atoms with Crippen LogP contribution in [0.4, 0.5) is 4.79 Å². The zero-order valence-electron chi connectivity index (χ0n) is 33.3. The molecule has 1 rings (SSSR count). The third-order valence-electron chi connectivity index (χ3n) is 10.1. The predicted molar refractivity (Wildman–Crippen MR) is 204 cm³/mol. The van der Waals surface area contributed by atoms with Crippen molar-refractivity contribution in [1.29, 1.82) is 0 Å². The highest BCUT2D eigenvalue weighted by atomic mass is 28.4. The maximum atomic E-state index is 13.1. The Hall–Kier alpha value is -1.79. The third-order valence-corrected chi connectivity index (χ3v) is 14.6. The molecule has 10 nitrogen and oxygen atoms in total. The van der Waals surface area contributed by atoms with Gasteiger partial charge in [-0.15, -0.1) is 0 Å². The number of unbranched alkanes of at least 4 members (excludes halogenated alkanes) is 15. The Kier molecular flexibility index (Phi) is 24.9. The van der Waals surface area contributed by atoms with E-state index >= 15 is 0 Å². The van der Waals surface area contributed by atoms with Crippen LogP contribution in [0.5, 0.6) is 0 Å². The molecule has 1 heterocycles. The molecule has 0 radical (unpaired) electrons. The topological polar surface area (TPSA) is 127 Å². The van der Waals surface area contributed by atoms with Crippen LogP contribution in [0.25, 0.3) is 0 Å². The number of hydrogen-bond acceptors (Lipinski definition) is 10. The van der Waals surface area contributed by atoms with Gasteiger partial charge in [-0.2, -0.15) is 0 Å². The first-order valence-corrected chi connectivity index (χ1v) is 22.9. The molecule has 0 aromatic rings. The first kappa shape index (κ1) is 47.2. The fraction of sp³-hybridized carbons (Fsp3) is 0.875. The number of hydrogen-bond donors (Lipinski definition) is 1. The van der Waals surface area contributed by atoms with Crippen molar-refractivity contribution in [3.63, 3.8) is 0 Å². The van der Waals surface area contributed by atoms with Crippen LogP contribution in [-0.4, -0.2) is 81.9 Å². The summed E-state index contributed by atoms with van der Waals surface area (Å²) >= 11 is 0. The van der Waals surface area contributed by atoms with E-state index in [9.17, 15) is 19.5 Å². The van der Waals surface area contributed by atoms with E-state index in [0.717, 1.165) is 51.4 Å². The van der Waals surface area contributed by atoms with E-state index < -0.39 is 57.6 Å². The molecular weight excluding hydrogens is 669 g/mol. The summed E-state index contributed by atoms with van der Waals surface area (Å²) in [5, 5.41) is 11.1. The van der Waals surface area contributed by atoms with E-state index in [1.54, 1.807) is 0 Å². The molecule has 0 bridgehead atoms. The molecule has 0 spiro atoms. The van der Waals surface area contributed by atoms with Crippen molar-refractivity contribution in [3.8, 4) is 0 Å². The lowest BCUT2D eigenvalue weighted by Gasteiger charge is -2.45. The average molecular weight is 743 g/mol. The summed E-state index contributed by atoms with van der Waals surface area (Å²) in [6, 6.07) is 0. The Morgan fingerprint density at radius 3 is 1.82 bits per heavy atom. The van der Waals surface area contributed by atoms with E-state index in [4.69, 9.17) is 28.1 Å². The molecule has 1 saturated heterocycles. The highest BCUT2D eigenvalue weighted by Gasteiger charge is 2.51. The first-order valence-electron chi connectivity index (χ1n) is 20.0. The lowest BCUT2D eigenvalue weighted by molar-refractivity contribution is -0.298. The first-order chi connectivity index (χ1) is 24.3. The number of ketones is 1. The lowest BCUT2D eigenvalue weighted by atomic mass is 9.98. The normalized spacial score (nSPS) is 20.9. The second-order valence-corrected chi connectivity index (χ2v) is 20.4. The Balaban J connectivity index is 3.00. The molecule has 0 aromatic heterocycles. The van der Waals surface area contributed by atoms with Crippen molar-refractivity contribution in [2.45, 2.75) is 205 Å². The lowest BCUT2D eigenvalue weighted by Crippen LogP contribution is -2.62. The van der Waals surface area contributed by atoms with Gasteiger partial charge in [0.25, 0.3) is 0 Å². The van der Waals surface area contributed by atoms with E-state index in [2.05, 4.69) is 54.3 Å². The second kappa shape index (κ2) is 26.9. The molecule has 0 saturated carbocycles. The second-order valence-electron chi connectivity index (χ2n) is 15.6. The molecule has 5 atom stereocenters. The van der Waals surface area contributed by atoms with Gasteiger partial charge in [0, 0.05) is 13.0 Å². The number of esters is 1. The fourth-order valence-electron chi connectivity index (χ4n) is 5.80. The summed E-state index contributed by atoms with van der Waals surface area (Å²) in [5.41, 5.74) is 0. The van der Waals surface area contributed by atoms with Crippen LogP contribution in [0.1, 0.15) is 157 Å². The van der Waals surface area contributed by atoms with Gasteiger partial charge in [0.15, 0.2) is 26.8 Å². The maximum Gasteiger partial charge on any atom is 0.509 e. The van der Waals surface area contributed by atoms with Gasteiger partial charge in [-0.1, -0.05) is 144 Å². The molecule has 51 heavy (non-hydrogen) atoms. The molecule has 1 aliphatic heterocycles. The summed E-state index contributed by atoms with van der Waals surface area (Å²) in [6.45, 7) is 18.7. The predicted octanol–water partition coefficient (Wildman–Crippen LogP) is 9.75. The highest BCUT2D eigenvalue weighted by Crippen LogP contribution is 2.37. The van der Waals surface area contributed by atoms with Crippen molar-refractivity contribution in [2.24, 2.45) is 0 Å². The van der Waals surface area contributed by atoms with Crippen molar-refractivity contribution in [3.05, 3.63) is 12.7 Å². The minimum atomic E-state index is -2.27. The maximum absolute atomic E-state index is 13.1. The van der Waals surface area contributed by atoms with Crippen molar-refractivity contribution in [1.82, 2.24) is 0 Å². The molecule has 0 amide bonds. The van der Waals surface area contributed by atoms with E-state index in [1.807, 2.05) is 0 Å². The van der Waals surface area contributed by atoms with Gasteiger partial charge < -0.3 is 33.2 Å².